The quantitative estimate of drug-likeness (QED) is 0.205. The third-order valence-electron chi connectivity index (χ3n) is 5.34. The molecule has 2 aromatic carbocycles. The van der Waals surface area contributed by atoms with Crippen LogP contribution < -0.4 is 5.32 Å². The Hall–Kier alpha value is -3.14. The van der Waals surface area contributed by atoms with Gasteiger partial charge in [-0.2, -0.15) is 13.2 Å². The number of hydrogen-bond donors (Lipinski definition) is 1. The number of carbonyl (C=O) groups is 2. The minimum absolute atomic E-state index is 0.0620. The summed E-state index contributed by atoms with van der Waals surface area (Å²) < 4.78 is 41.6. The molecule has 0 spiro atoms. The van der Waals surface area contributed by atoms with Crippen LogP contribution in [-0.2, 0) is 23.8 Å². The van der Waals surface area contributed by atoms with E-state index in [0.717, 1.165) is 35.9 Å². The van der Waals surface area contributed by atoms with E-state index in [2.05, 4.69) is 29.4 Å². The Balaban J connectivity index is 1.81. The number of amides is 1. The number of halogens is 3. The maximum atomic E-state index is 13.3. The zero-order valence-corrected chi connectivity index (χ0v) is 21.2. The SMILES string of the molecule is CC(=O)NCCCc1nnc(SCC(=O)c2ccc(CC(C)C)cc2)n1-c1cccc(C(F)(F)F)c1. The minimum Gasteiger partial charge on any atom is -0.356 e. The number of ketones is 1. The summed E-state index contributed by atoms with van der Waals surface area (Å²) in [5, 5.41) is 11.4. The maximum Gasteiger partial charge on any atom is 0.416 e. The average molecular weight is 519 g/mol. The van der Waals surface area contributed by atoms with Gasteiger partial charge in [0, 0.05) is 31.1 Å². The van der Waals surface area contributed by atoms with Crippen LogP contribution in [-0.4, -0.2) is 38.8 Å². The first-order chi connectivity index (χ1) is 17.0. The van der Waals surface area contributed by atoms with Crippen LogP contribution in [0.15, 0.2) is 53.7 Å². The van der Waals surface area contributed by atoms with Crippen molar-refractivity contribution in [3.05, 3.63) is 71.0 Å². The molecule has 1 N–H and O–H groups in total. The molecular weight excluding hydrogens is 489 g/mol. The molecular formula is C26H29F3N4O2S. The fourth-order valence-corrected chi connectivity index (χ4v) is 4.52. The van der Waals surface area contributed by atoms with Gasteiger partial charge in [-0.05, 0) is 42.5 Å². The topological polar surface area (TPSA) is 76.9 Å². The van der Waals surface area contributed by atoms with Crippen molar-refractivity contribution in [2.45, 2.75) is 51.4 Å². The highest BCUT2D eigenvalue weighted by Crippen LogP contribution is 2.32. The molecule has 10 heteroatoms. The van der Waals surface area contributed by atoms with Crippen LogP contribution in [0.3, 0.4) is 0 Å². The molecule has 0 unspecified atom stereocenters. The van der Waals surface area contributed by atoms with Crippen LogP contribution in [0.1, 0.15) is 54.5 Å². The van der Waals surface area contributed by atoms with E-state index in [1.165, 1.54) is 13.0 Å². The van der Waals surface area contributed by atoms with E-state index in [0.29, 0.717) is 41.8 Å². The van der Waals surface area contributed by atoms with Crippen LogP contribution in [0.25, 0.3) is 5.69 Å². The fourth-order valence-electron chi connectivity index (χ4n) is 3.66. The molecule has 1 amide bonds. The summed E-state index contributed by atoms with van der Waals surface area (Å²) in [6.07, 6.45) is -2.66. The number of carbonyl (C=O) groups excluding carboxylic acids is 2. The Morgan fingerprint density at radius 2 is 1.81 bits per heavy atom. The van der Waals surface area contributed by atoms with E-state index in [9.17, 15) is 22.8 Å². The second-order valence-corrected chi connectivity index (χ2v) is 9.82. The Morgan fingerprint density at radius 3 is 2.44 bits per heavy atom. The van der Waals surface area contributed by atoms with Gasteiger partial charge in [-0.1, -0.05) is 55.9 Å². The Bertz CT molecular complexity index is 1190. The van der Waals surface area contributed by atoms with E-state index in [-0.39, 0.29) is 23.1 Å². The average Bonchev–Trinajstić information content (AvgIpc) is 3.22. The van der Waals surface area contributed by atoms with Gasteiger partial charge in [0.2, 0.25) is 5.91 Å². The van der Waals surface area contributed by atoms with Crippen molar-refractivity contribution in [3.63, 3.8) is 0 Å². The van der Waals surface area contributed by atoms with E-state index >= 15 is 0 Å². The number of thioether (sulfide) groups is 1. The first-order valence-corrected chi connectivity index (χ1v) is 12.6. The molecule has 0 radical (unpaired) electrons. The number of hydrogen-bond acceptors (Lipinski definition) is 5. The molecule has 0 aliphatic rings. The molecule has 0 atom stereocenters. The van der Waals surface area contributed by atoms with E-state index < -0.39 is 11.7 Å². The predicted molar refractivity (Wildman–Crippen MR) is 133 cm³/mol. The molecule has 0 saturated heterocycles. The molecule has 3 rings (SSSR count). The molecule has 0 fully saturated rings. The van der Waals surface area contributed by atoms with Gasteiger partial charge in [-0.3, -0.25) is 14.2 Å². The number of benzene rings is 2. The number of Topliss-reactive ketones (excluding diaryl/α,β-unsaturated/α-hetero) is 1. The second kappa shape index (κ2) is 12.2. The summed E-state index contributed by atoms with van der Waals surface area (Å²) in [5.74, 6) is 0.750. The number of nitrogens with one attached hydrogen (secondary N) is 1. The highest BCUT2D eigenvalue weighted by molar-refractivity contribution is 7.99. The van der Waals surface area contributed by atoms with Gasteiger partial charge in [0.05, 0.1) is 11.3 Å². The van der Waals surface area contributed by atoms with Crippen LogP contribution in [0, 0.1) is 5.92 Å². The third-order valence-corrected chi connectivity index (χ3v) is 6.26. The number of aryl methyl sites for hydroxylation is 1. The van der Waals surface area contributed by atoms with Crippen LogP contribution in [0.5, 0.6) is 0 Å². The predicted octanol–water partition coefficient (Wildman–Crippen LogP) is 5.53. The Kier molecular flexibility index (Phi) is 9.31. The summed E-state index contributed by atoms with van der Waals surface area (Å²) in [6.45, 7) is 6.07. The standard InChI is InChI=1S/C26H29F3N4O2S/c1-17(2)14-19-9-11-20(12-10-19)23(35)16-36-25-32-31-24(8-5-13-30-18(3)34)33(25)22-7-4-6-21(15-22)26(27,28)29/h4,6-7,9-12,15,17H,5,8,13-14,16H2,1-3H3,(H,30,34). The molecule has 36 heavy (non-hydrogen) atoms. The molecule has 0 aliphatic carbocycles. The molecule has 0 aliphatic heterocycles. The summed E-state index contributed by atoms with van der Waals surface area (Å²) in [6, 6.07) is 12.4. The van der Waals surface area contributed by atoms with Crippen LogP contribution in [0.2, 0.25) is 0 Å². The number of rotatable bonds is 11. The number of aromatic nitrogens is 3. The Morgan fingerprint density at radius 1 is 1.08 bits per heavy atom. The molecule has 6 nitrogen and oxygen atoms in total. The second-order valence-electron chi connectivity index (χ2n) is 8.88. The van der Waals surface area contributed by atoms with Crippen molar-refractivity contribution >= 4 is 23.5 Å². The highest BCUT2D eigenvalue weighted by atomic mass is 32.2. The molecule has 192 valence electrons. The van der Waals surface area contributed by atoms with Crippen molar-refractivity contribution in [2.24, 2.45) is 5.92 Å². The lowest BCUT2D eigenvalue weighted by Gasteiger charge is -2.13. The number of alkyl halides is 3. The largest absolute Gasteiger partial charge is 0.416 e. The molecule has 0 bridgehead atoms. The maximum absolute atomic E-state index is 13.3. The highest BCUT2D eigenvalue weighted by Gasteiger charge is 2.31. The van der Waals surface area contributed by atoms with Crippen molar-refractivity contribution in [1.29, 1.82) is 0 Å². The fraction of sp³-hybridized carbons (Fsp3) is 0.385. The smallest absolute Gasteiger partial charge is 0.356 e. The van der Waals surface area contributed by atoms with Crippen LogP contribution in [0.4, 0.5) is 13.2 Å². The zero-order valence-electron chi connectivity index (χ0n) is 20.4. The van der Waals surface area contributed by atoms with Crippen LogP contribution >= 0.6 is 11.8 Å². The van der Waals surface area contributed by atoms with Crippen molar-refractivity contribution in [1.82, 2.24) is 20.1 Å². The summed E-state index contributed by atoms with van der Waals surface area (Å²) in [7, 11) is 0. The third kappa shape index (κ3) is 7.68. The first-order valence-electron chi connectivity index (χ1n) is 11.7. The lowest BCUT2D eigenvalue weighted by Crippen LogP contribution is -2.21. The Labute approximate surface area is 212 Å². The van der Waals surface area contributed by atoms with E-state index in [4.69, 9.17) is 0 Å². The van der Waals surface area contributed by atoms with Crippen molar-refractivity contribution < 1.29 is 22.8 Å². The molecule has 3 aromatic rings. The lowest BCUT2D eigenvalue weighted by atomic mass is 10.0. The minimum atomic E-state index is -4.50. The van der Waals surface area contributed by atoms with Gasteiger partial charge < -0.3 is 5.32 Å². The van der Waals surface area contributed by atoms with Gasteiger partial charge in [-0.25, -0.2) is 0 Å². The molecule has 1 aromatic heterocycles. The van der Waals surface area contributed by atoms with E-state index in [1.807, 2.05) is 12.1 Å². The van der Waals surface area contributed by atoms with Crippen molar-refractivity contribution in [2.75, 3.05) is 12.3 Å². The molecule has 0 saturated carbocycles. The van der Waals surface area contributed by atoms with Gasteiger partial charge in [0.25, 0.3) is 0 Å². The monoisotopic (exact) mass is 518 g/mol. The molecule has 1 heterocycles. The zero-order chi connectivity index (χ0) is 26.3. The summed E-state index contributed by atoms with van der Waals surface area (Å²) in [5.41, 5.74) is 1.20. The van der Waals surface area contributed by atoms with Crippen molar-refractivity contribution in [3.8, 4) is 5.69 Å². The summed E-state index contributed by atoms with van der Waals surface area (Å²) in [4.78, 5) is 23.9. The van der Waals surface area contributed by atoms with Gasteiger partial charge in [-0.15, -0.1) is 10.2 Å². The lowest BCUT2D eigenvalue weighted by molar-refractivity contribution is -0.137. The van der Waals surface area contributed by atoms with Gasteiger partial charge in [0.15, 0.2) is 10.9 Å². The first kappa shape index (κ1) is 27.4. The van der Waals surface area contributed by atoms with Gasteiger partial charge in [0.1, 0.15) is 5.82 Å². The number of nitrogens with zero attached hydrogens (tertiary/aromatic N) is 3. The summed E-state index contributed by atoms with van der Waals surface area (Å²) >= 11 is 1.13. The normalized spacial score (nSPS) is 11.6. The van der Waals surface area contributed by atoms with Gasteiger partial charge >= 0.3 is 6.18 Å². The van der Waals surface area contributed by atoms with E-state index in [1.54, 1.807) is 22.8 Å².